The second-order valence-electron chi connectivity index (χ2n) is 5.36. The number of ether oxygens (including phenoxy) is 1. The number of carbonyl (C=O) groups excluding carboxylic acids is 1. The lowest BCUT2D eigenvalue weighted by molar-refractivity contribution is 0.0526. The molecular weight excluding hydrogens is 336 g/mol. The Balaban J connectivity index is 1.75. The second kappa shape index (κ2) is 7.51. The highest BCUT2D eigenvalue weighted by Gasteiger charge is 2.11. The monoisotopic (exact) mass is 354 g/mol. The number of nitrogen functional groups attached to an aromatic ring is 1. The first-order chi connectivity index (χ1) is 12.6. The Morgan fingerprint density at radius 3 is 2.50 bits per heavy atom. The van der Waals surface area contributed by atoms with Crippen molar-refractivity contribution in [2.45, 2.75) is 13.8 Å². The predicted octanol–water partition coefficient (Wildman–Crippen LogP) is 3.02. The van der Waals surface area contributed by atoms with Crippen LogP contribution < -0.4 is 16.4 Å². The third-order valence-corrected chi connectivity index (χ3v) is 3.42. The van der Waals surface area contributed by atoms with Gasteiger partial charge in [-0.3, -0.25) is 0 Å². The Hall–Kier alpha value is -3.62. The van der Waals surface area contributed by atoms with E-state index < -0.39 is 0 Å². The number of rotatable bonds is 6. The van der Waals surface area contributed by atoms with Crippen molar-refractivity contribution in [2.24, 2.45) is 0 Å². The second-order valence-corrected chi connectivity index (χ2v) is 5.36. The smallest absolute Gasteiger partial charge is 0.338 e. The van der Waals surface area contributed by atoms with Gasteiger partial charge in [0.05, 0.1) is 12.2 Å². The maximum Gasteiger partial charge on any atom is 0.338 e. The average molecular weight is 354 g/mol. The molecule has 3 rings (SSSR count). The minimum Gasteiger partial charge on any atom is -0.462 e. The summed E-state index contributed by atoms with van der Waals surface area (Å²) in [4.78, 5) is 19.9. The molecule has 3 aromatic rings. The molecule has 0 aliphatic carbocycles. The van der Waals surface area contributed by atoms with Crippen LogP contribution >= 0.6 is 0 Å². The molecule has 2 heterocycles. The van der Waals surface area contributed by atoms with E-state index in [0.717, 1.165) is 0 Å². The summed E-state index contributed by atoms with van der Waals surface area (Å²) in [5.41, 5.74) is 7.63. The highest BCUT2D eigenvalue weighted by atomic mass is 16.5. The minimum absolute atomic E-state index is 0.322. The Kier molecular flexibility index (Phi) is 4.97. The molecule has 0 fully saturated rings. The Bertz CT molecular complexity index is 907. The molecule has 0 atom stereocenters. The van der Waals surface area contributed by atoms with Crippen LogP contribution in [0.2, 0.25) is 0 Å². The zero-order chi connectivity index (χ0) is 18.5. The fourth-order valence-electron chi connectivity index (χ4n) is 2.18. The first-order valence-corrected chi connectivity index (χ1v) is 7.92. The number of aromatic nitrogens is 3. The molecular formula is C17H18N6O3. The van der Waals surface area contributed by atoms with Gasteiger partial charge in [0.25, 0.3) is 0 Å². The predicted molar refractivity (Wildman–Crippen MR) is 96.6 cm³/mol. The number of benzene rings is 1. The number of carbonyl (C=O) groups is 1. The molecule has 0 amide bonds. The first-order valence-electron chi connectivity index (χ1n) is 7.92. The quantitative estimate of drug-likeness (QED) is 0.572. The zero-order valence-electron chi connectivity index (χ0n) is 14.3. The van der Waals surface area contributed by atoms with Crippen LogP contribution in [0.3, 0.4) is 0 Å². The third-order valence-electron chi connectivity index (χ3n) is 3.42. The summed E-state index contributed by atoms with van der Waals surface area (Å²) in [6.45, 7) is 3.88. The summed E-state index contributed by atoms with van der Waals surface area (Å²) in [5.74, 6) is 1.62. The molecule has 9 heteroatoms. The van der Waals surface area contributed by atoms with Crippen molar-refractivity contribution in [1.82, 2.24) is 15.1 Å². The topological polar surface area (TPSA) is 128 Å². The number of hydrogen-bond acceptors (Lipinski definition) is 9. The van der Waals surface area contributed by atoms with Gasteiger partial charge in [0.15, 0.2) is 17.5 Å². The van der Waals surface area contributed by atoms with Gasteiger partial charge < -0.3 is 25.6 Å². The molecule has 0 aliphatic rings. The zero-order valence-corrected chi connectivity index (χ0v) is 14.3. The van der Waals surface area contributed by atoms with Gasteiger partial charge in [0.1, 0.15) is 17.8 Å². The van der Waals surface area contributed by atoms with Gasteiger partial charge in [-0.1, -0.05) is 5.16 Å². The van der Waals surface area contributed by atoms with E-state index in [0.29, 0.717) is 46.8 Å². The van der Waals surface area contributed by atoms with Crippen molar-refractivity contribution in [3.05, 3.63) is 48.0 Å². The molecule has 2 aromatic heterocycles. The lowest BCUT2D eigenvalue weighted by Gasteiger charge is -2.11. The van der Waals surface area contributed by atoms with E-state index in [4.69, 9.17) is 15.0 Å². The molecule has 0 aliphatic heterocycles. The third kappa shape index (κ3) is 3.89. The molecule has 26 heavy (non-hydrogen) atoms. The maximum atomic E-state index is 11.7. The van der Waals surface area contributed by atoms with Crippen LogP contribution in [0.5, 0.6) is 0 Å². The first kappa shape index (κ1) is 17.2. The number of hydrogen-bond donors (Lipinski definition) is 3. The fourth-order valence-corrected chi connectivity index (χ4v) is 2.18. The summed E-state index contributed by atoms with van der Waals surface area (Å²) in [7, 11) is 0. The van der Waals surface area contributed by atoms with E-state index >= 15 is 0 Å². The highest BCUT2D eigenvalue weighted by molar-refractivity contribution is 5.90. The number of nitrogens with zero attached hydrogens (tertiary/aromatic N) is 3. The van der Waals surface area contributed by atoms with Crippen molar-refractivity contribution < 1.29 is 14.1 Å². The molecule has 1 aromatic carbocycles. The number of aryl methyl sites for hydroxylation is 1. The van der Waals surface area contributed by atoms with Crippen molar-refractivity contribution >= 4 is 34.8 Å². The summed E-state index contributed by atoms with van der Waals surface area (Å²) < 4.78 is 9.96. The van der Waals surface area contributed by atoms with Gasteiger partial charge in [-0.05, 0) is 38.1 Å². The summed E-state index contributed by atoms with van der Waals surface area (Å²) in [6.07, 6.45) is 1.38. The van der Waals surface area contributed by atoms with Crippen LogP contribution in [0.1, 0.15) is 23.0 Å². The summed E-state index contributed by atoms with van der Waals surface area (Å²) >= 11 is 0. The van der Waals surface area contributed by atoms with Crippen LogP contribution in [0.4, 0.5) is 28.8 Å². The van der Waals surface area contributed by atoms with Gasteiger partial charge in [-0.2, -0.15) is 0 Å². The van der Waals surface area contributed by atoms with Gasteiger partial charge in [-0.25, -0.2) is 14.8 Å². The van der Waals surface area contributed by atoms with Crippen LogP contribution in [0, 0.1) is 6.92 Å². The fraction of sp³-hybridized carbons (Fsp3) is 0.176. The van der Waals surface area contributed by atoms with E-state index in [1.807, 2.05) is 0 Å². The number of nitrogens with one attached hydrogen (secondary N) is 2. The Morgan fingerprint density at radius 2 is 1.88 bits per heavy atom. The number of esters is 1. The van der Waals surface area contributed by atoms with E-state index in [1.165, 1.54) is 6.33 Å². The van der Waals surface area contributed by atoms with Crippen LogP contribution in [0.15, 0.2) is 41.2 Å². The lowest BCUT2D eigenvalue weighted by atomic mass is 10.2. The molecule has 0 saturated heterocycles. The number of anilines is 5. The van der Waals surface area contributed by atoms with Crippen molar-refractivity contribution in [2.75, 3.05) is 23.0 Å². The molecule has 4 N–H and O–H groups in total. The maximum absolute atomic E-state index is 11.7. The van der Waals surface area contributed by atoms with Crippen molar-refractivity contribution in [3.8, 4) is 0 Å². The van der Waals surface area contributed by atoms with E-state index in [9.17, 15) is 4.79 Å². The van der Waals surface area contributed by atoms with E-state index in [-0.39, 0.29) is 5.97 Å². The molecule has 0 unspecified atom stereocenters. The Morgan fingerprint density at radius 1 is 1.19 bits per heavy atom. The van der Waals surface area contributed by atoms with Crippen LogP contribution in [0.25, 0.3) is 0 Å². The molecule has 0 radical (unpaired) electrons. The van der Waals surface area contributed by atoms with Crippen LogP contribution in [-0.4, -0.2) is 27.7 Å². The number of nitrogens with two attached hydrogens (primary N) is 1. The van der Waals surface area contributed by atoms with Crippen LogP contribution in [-0.2, 0) is 4.74 Å². The van der Waals surface area contributed by atoms with Gasteiger partial charge >= 0.3 is 5.97 Å². The van der Waals surface area contributed by atoms with E-state index in [1.54, 1.807) is 44.2 Å². The van der Waals surface area contributed by atoms with Crippen molar-refractivity contribution in [1.29, 1.82) is 0 Å². The van der Waals surface area contributed by atoms with Crippen molar-refractivity contribution in [3.63, 3.8) is 0 Å². The SMILES string of the molecule is CCOC(=O)c1ccc(Nc2ncnc(Nc3cc(C)on3)c2N)cc1. The minimum atomic E-state index is -0.366. The molecule has 134 valence electrons. The standard InChI is InChI=1S/C17H18N6O3/c1-3-25-17(24)11-4-6-12(7-5-11)21-15-14(18)16(20-9-19-15)22-13-8-10(2)26-23-13/h4-9H,3,18H2,1-2H3,(H2,19,20,21,22,23). The molecule has 0 spiro atoms. The molecule has 0 saturated carbocycles. The van der Waals surface area contributed by atoms with Gasteiger partial charge in [-0.15, -0.1) is 0 Å². The lowest BCUT2D eigenvalue weighted by Crippen LogP contribution is -2.06. The van der Waals surface area contributed by atoms with Gasteiger partial charge in [0, 0.05) is 11.8 Å². The Labute approximate surface area is 149 Å². The average Bonchev–Trinajstić information content (AvgIpc) is 3.04. The molecule has 0 bridgehead atoms. The summed E-state index contributed by atoms with van der Waals surface area (Å²) in [6, 6.07) is 8.52. The van der Waals surface area contributed by atoms with Gasteiger partial charge in [0.2, 0.25) is 0 Å². The van der Waals surface area contributed by atoms with E-state index in [2.05, 4.69) is 25.8 Å². The molecule has 9 nitrogen and oxygen atoms in total. The largest absolute Gasteiger partial charge is 0.462 e. The summed E-state index contributed by atoms with van der Waals surface area (Å²) in [5, 5.41) is 9.91. The highest BCUT2D eigenvalue weighted by Crippen LogP contribution is 2.28. The normalized spacial score (nSPS) is 10.4.